The molecule has 0 aliphatic carbocycles. The van der Waals surface area contributed by atoms with Gasteiger partial charge in [0.15, 0.2) is 0 Å². The van der Waals surface area contributed by atoms with E-state index in [9.17, 15) is 4.79 Å². The van der Waals surface area contributed by atoms with E-state index in [4.69, 9.17) is 11.6 Å². The van der Waals surface area contributed by atoms with E-state index in [0.29, 0.717) is 23.7 Å². The smallest absolute Gasteiger partial charge is 0.255 e. The van der Waals surface area contributed by atoms with Crippen LogP contribution in [0.2, 0.25) is 5.02 Å². The maximum absolute atomic E-state index is 12.5. The van der Waals surface area contributed by atoms with Gasteiger partial charge in [-0.3, -0.25) is 4.79 Å². The second-order valence-electron chi connectivity index (χ2n) is 4.67. The Bertz CT molecular complexity index is 631. The topological polar surface area (TPSA) is 51.0 Å². The number of hydrogen-bond acceptors (Lipinski definition) is 3. The van der Waals surface area contributed by atoms with Gasteiger partial charge in [0.25, 0.3) is 5.91 Å². The van der Waals surface area contributed by atoms with Gasteiger partial charge in [0.1, 0.15) is 0 Å². The van der Waals surface area contributed by atoms with E-state index in [-0.39, 0.29) is 11.9 Å². The summed E-state index contributed by atoms with van der Waals surface area (Å²) in [6, 6.07) is 5.44. The molecule has 1 aliphatic heterocycles. The molecule has 1 aromatic carbocycles. The molecule has 0 bridgehead atoms. The van der Waals surface area contributed by atoms with E-state index in [1.165, 1.54) is 0 Å². The Balaban J connectivity index is 1.77. The number of hydrogen-bond donors (Lipinski definition) is 0. The molecular formula is C13H12BrClN4O. The molecule has 1 fully saturated rings. The molecule has 20 heavy (non-hydrogen) atoms. The monoisotopic (exact) mass is 354 g/mol. The van der Waals surface area contributed by atoms with E-state index in [1.54, 1.807) is 34.2 Å². The molecule has 1 atom stereocenters. The molecule has 0 spiro atoms. The van der Waals surface area contributed by atoms with Crippen molar-refractivity contribution in [3.05, 3.63) is 45.7 Å². The fraction of sp³-hybridized carbons (Fsp3) is 0.308. The highest BCUT2D eigenvalue weighted by Gasteiger charge is 2.29. The highest BCUT2D eigenvalue weighted by molar-refractivity contribution is 9.10. The van der Waals surface area contributed by atoms with Crippen LogP contribution in [-0.2, 0) is 0 Å². The van der Waals surface area contributed by atoms with Crippen molar-refractivity contribution in [1.29, 1.82) is 0 Å². The lowest BCUT2D eigenvalue weighted by atomic mass is 10.2. The first kappa shape index (κ1) is 13.6. The second-order valence-corrected chi connectivity index (χ2v) is 5.99. The van der Waals surface area contributed by atoms with Crippen molar-refractivity contribution in [3.8, 4) is 0 Å². The molecule has 0 radical (unpaired) electrons. The number of rotatable bonds is 2. The van der Waals surface area contributed by atoms with Gasteiger partial charge in [0.05, 0.1) is 29.0 Å². The summed E-state index contributed by atoms with van der Waals surface area (Å²) < 4.78 is 0.842. The Labute approximate surface area is 129 Å². The molecule has 5 nitrogen and oxygen atoms in total. The number of amides is 1. The van der Waals surface area contributed by atoms with Crippen LogP contribution in [0.15, 0.2) is 35.1 Å². The number of carbonyl (C=O) groups is 1. The molecule has 1 unspecified atom stereocenters. The summed E-state index contributed by atoms with van der Waals surface area (Å²) in [5.41, 5.74) is 0.523. The normalized spacial score (nSPS) is 18.5. The number of halogens is 2. The molecule has 3 rings (SSSR count). The molecule has 2 heterocycles. The number of aromatic nitrogens is 3. The van der Waals surface area contributed by atoms with Crippen molar-refractivity contribution in [2.45, 2.75) is 12.5 Å². The number of likely N-dealkylation sites (tertiary alicyclic amines) is 1. The molecule has 1 aromatic heterocycles. The molecule has 0 saturated carbocycles. The van der Waals surface area contributed by atoms with Crippen molar-refractivity contribution in [1.82, 2.24) is 19.9 Å². The van der Waals surface area contributed by atoms with E-state index >= 15 is 0 Å². The lowest BCUT2D eigenvalue weighted by Crippen LogP contribution is -2.29. The predicted molar refractivity (Wildman–Crippen MR) is 78.7 cm³/mol. The molecule has 1 amide bonds. The Kier molecular flexibility index (Phi) is 3.76. The van der Waals surface area contributed by atoms with Gasteiger partial charge >= 0.3 is 0 Å². The highest BCUT2D eigenvalue weighted by atomic mass is 79.9. The van der Waals surface area contributed by atoms with Crippen LogP contribution in [0, 0.1) is 0 Å². The third-order valence-corrected chi connectivity index (χ3v) is 4.20. The minimum atomic E-state index is -0.0500. The van der Waals surface area contributed by atoms with Crippen LogP contribution in [0.1, 0.15) is 22.8 Å². The van der Waals surface area contributed by atoms with Crippen LogP contribution in [0.25, 0.3) is 0 Å². The zero-order valence-electron chi connectivity index (χ0n) is 10.5. The Morgan fingerprint density at radius 2 is 2.10 bits per heavy atom. The quantitative estimate of drug-likeness (QED) is 0.832. The van der Waals surface area contributed by atoms with E-state index in [2.05, 4.69) is 26.1 Å². The lowest BCUT2D eigenvalue weighted by molar-refractivity contribution is 0.0786. The standard InChI is InChI=1S/C13H12BrClN4O/c14-9-1-2-12(15)11(7-9)13(20)18-6-3-10(8-18)19-16-4-5-17-19/h1-2,4-5,7,10H,3,6,8H2. The SMILES string of the molecule is O=C(c1cc(Br)ccc1Cl)N1CCC(n2nccn2)C1. The third kappa shape index (κ3) is 2.58. The molecular weight excluding hydrogens is 344 g/mol. The van der Waals surface area contributed by atoms with Gasteiger partial charge in [-0.25, -0.2) is 0 Å². The average Bonchev–Trinajstić information content (AvgIpc) is 3.10. The zero-order chi connectivity index (χ0) is 14.1. The summed E-state index contributed by atoms with van der Waals surface area (Å²) in [6.45, 7) is 1.30. The fourth-order valence-electron chi connectivity index (χ4n) is 2.36. The minimum Gasteiger partial charge on any atom is -0.336 e. The Morgan fingerprint density at radius 3 is 2.85 bits per heavy atom. The summed E-state index contributed by atoms with van der Waals surface area (Å²) in [4.78, 5) is 16.0. The summed E-state index contributed by atoms with van der Waals surface area (Å²) in [5, 5.41) is 8.73. The number of carbonyl (C=O) groups excluding carboxylic acids is 1. The second kappa shape index (κ2) is 5.54. The van der Waals surface area contributed by atoms with Gasteiger partial charge in [-0.1, -0.05) is 27.5 Å². The molecule has 1 aliphatic rings. The van der Waals surface area contributed by atoms with Crippen LogP contribution in [0.3, 0.4) is 0 Å². The molecule has 7 heteroatoms. The largest absolute Gasteiger partial charge is 0.336 e. The summed E-state index contributed by atoms with van der Waals surface area (Å²) in [5.74, 6) is -0.0500. The summed E-state index contributed by atoms with van der Waals surface area (Å²) in [7, 11) is 0. The third-order valence-electron chi connectivity index (χ3n) is 3.37. The molecule has 104 valence electrons. The zero-order valence-corrected chi connectivity index (χ0v) is 12.9. The van der Waals surface area contributed by atoms with Crippen molar-refractivity contribution in [2.24, 2.45) is 0 Å². The first-order chi connectivity index (χ1) is 9.65. The van der Waals surface area contributed by atoms with Crippen LogP contribution in [0.4, 0.5) is 0 Å². The van der Waals surface area contributed by atoms with Crippen LogP contribution in [0.5, 0.6) is 0 Å². The van der Waals surface area contributed by atoms with Gasteiger partial charge in [0.2, 0.25) is 0 Å². The van der Waals surface area contributed by atoms with Crippen molar-refractivity contribution >= 4 is 33.4 Å². The van der Waals surface area contributed by atoms with Crippen LogP contribution < -0.4 is 0 Å². The maximum Gasteiger partial charge on any atom is 0.255 e. The van der Waals surface area contributed by atoms with E-state index in [1.807, 2.05) is 6.07 Å². The Hall–Kier alpha value is -1.40. The fourth-order valence-corrected chi connectivity index (χ4v) is 2.92. The average molecular weight is 356 g/mol. The first-order valence-corrected chi connectivity index (χ1v) is 7.42. The van der Waals surface area contributed by atoms with Gasteiger partial charge < -0.3 is 4.90 Å². The van der Waals surface area contributed by atoms with Crippen molar-refractivity contribution in [3.63, 3.8) is 0 Å². The predicted octanol–water partition coefficient (Wildman–Crippen LogP) is 2.78. The van der Waals surface area contributed by atoms with Gasteiger partial charge in [0, 0.05) is 17.6 Å². The minimum absolute atomic E-state index is 0.0500. The maximum atomic E-state index is 12.5. The summed E-state index contributed by atoms with van der Waals surface area (Å²) >= 11 is 9.47. The van der Waals surface area contributed by atoms with Gasteiger partial charge in [-0.2, -0.15) is 15.0 Å². The Morgan fingerprint density at radius 1 is 1.35 bits per heavy atom. The van der Waals surface area contributed by atoms with Crippen LogP contribution >= 0.6 is 27.5 Å². The van der Waals surface area contributed by atoms with E-state index in [0.717, 1.165) is 10.9 Å². The highest BCUT2D eigenvalue weighted by Crippen LogP contribution is 2.26. The van der Waals surface area contributed by atoms with Crippen molar-refractivity contribution < 1.29 is 4.79 Å². The number of benzene rings is 1. The lowest BCUT2D eigenvalue weighted by Gasteiger charge is -2.17. The molecule has 1 saturated heterocycles. The van der Waals surface area contributed by atoms with E-state index < -0.39 is 0 Å². The summed E-state index contributed by atoms with van der Waals surface area (Å²) in [6.07, 6.45) is 4.15. The molecule has 0 N–H and O–H groups in total. The van der Waals surface area contributed by atoms with Gasteiger partial charge in [-0.15, -0.1) is 0 Å². The van der Waals surface area contributed by atoms with Crippen LogP contribution in [-0.4, -0.2) is 38.9 Å². The van der Waals surface area contributed by atoms with Crippen molar-refractivity contribution in [2.75, 3.05) is 13.1 Å². The van der Waals surface area contributed by atoms with Gasteiger partial charge in [-0.05, 0) is 24.6 Å². The number of nitrogens with zero attached hydrogens (tertiary/aromatic N) is 4. The molecule has 2 aromatic rings. The first-order valence-electron chi connectivity index (χ1n) is 6.25.